The molecule has 1 spiro atoms. The van der Waals surface area contributed by atoms with E-state index in [1.165, 1.54) is 0 Å². The number of cyclic esters (lactones) is 1. The Hall–Kier alpha value is -2.64. The SMILES string of the molecule is CCCCCCCCC1OC(=O)/C=C\C(=O)OC12OC(=O)C=CC(=O)O2. The fourth-order valence-electron chi connectivity index (χ4n) is 2.65. The van der Waals surface area contributed by atoms with Gasteiger partial charge >= 0.3 is 29.9 Å². The summed E-state index contributed by atoms with van der Waals surface area (Å²) in [5, 5.41) is 0. The second kappa shape index (κ2) is 9.17. The van der Waals surface area contributed by atoms with Gasteiger partial charge in [0, 0.05) is 24.3 Å². The van der Waals surface area contributed by atoms with Gasteiger partial charge in [0.1, 0.15) is 0 Å². The van der Waals surface area contributed by atoms with Gasteiger partial charge in [0.25, 0.3) is 0 Å². The van der Waals surface area contributed by atoms with E-state index in [1.54, 1.807) is 0 Å². The molecule has 0 aromatic rings. The average Bonchev–Trinajstić information content (AvgIpc) is 2.73. The maximum atomic E-state index is 11.9. The molecule has 8 nitrogen and oxygen atoms in total. The molecule has 0 radical (unpaired) electrons. The molecule has 8 heteroatoms. The maximum Gasteiger partial charge on any atom is 0.463 e. The van der Waals surface area contributed by atoms with Crippen molar-refractivity contribution in [3.8, 4) is 0 Å². The van der Waals surface area contributed by atoms with Gasteiger partial charge in [-0.2, -0.15) is 0 Å². The van der Waals surface area contributed by atoms with Crippen molar-refractivity contribution in [2.45, 2.75) is 63.9 Å². The molecule has 2 aliphatic heterocycles. The monoisotopic (exact) mass is 366 g/mol. The first kappa shape index (κ1) is 19.7. The van der Waals surface area contributed by atoms with Crippen LogP contribution in [0.5, 0.6) is 0 Å². The number of hydrogen-bond acceptors (Lipinski definition) is 8. The minimum absolute atomic E-state index is 0.194. The van der Waals surface area contributed by atoms with Gasteiger partial charge in [0.15, 0.2) is 0 Å². The third-order valence-electron chi connectivity index (χ3n) is 3.91. The van der Waals surface area contributed by atoms with Crippen LogP contribution >= 0.6 is 0 Å². The van der Waals surface area contributed by atoms with Gasteiger partial charge in [-0.15, -0.1) is 0 Å². The Morgan fingerprint density at radius 2 is 1.19 bits per heavy atom. The second-order valence-electron chi connectivity index (χ2n) is 6.02. The molecule has 0 amide bonds. The van der Waals surface area contributed by atoms with E-state index in [9.17, 15) is 19.2 Å². The van der Waals surface area contributed by atoms with Crippen LogP contribution in [0.4, 0.5) is 0 Å². The zero-order valence-corrected chi connectivity index (χ0v) is 14.6. The molecule has 1 atom stereocenters. The van der Waals surface area contributed by atoms with Gasteiger partial charge in [-0.3, -0.25) is 0 Å². The van der Waals surface area contributed by atoms with E-state index in [4.69, 9.17) is 18.9 Å². The van der Waals surface area contributed by atoms with Crippen LogP contribution in [0.1, 0.15) is 51.9 Å². The minimum Gasteiger partial charge on any atom is -0.446 e. The zero-order valence-electron chi connectivity index (χ0n) is 14.6. The molecule has 0 saturated heterocycles. The molecule has 0 N–H and O–H groups in total. The lowest BCUT2D eigenvalue weighted by Gasteiger charge is -2.35. The lowest BCUT2D eigenvalue weighted by atomic mass is 10.1. The average molecular weight is 366 g/mol. The van der Waals surface area contributed by atoms with Crippen LogP contribution in [0.3, 0.4) is 0 Å². The number of hydrogen-bond donors (Lipinski definition) is 0. The molecule has 0 aliphatic carbocycles. The largest absolute Gasteiger partial charge is 0.463 e. The van der Waals surface area contributed by atoms with Crippen molar-refractivity contribution in [2.24, 2.45) is 0 Å². The molecule has 0 fully saturated rings. The van der Waals surface area contributed by atoms with Crippen LogP contribution in [0.25, 0.3) is 0 Å². The van der Waals surface area contributed by atoms with E-state index >= 15 is 0 Å². The second-order valence-corrected chi connectivity index (χ2v) is 6.02. The van der Waals surface area contributed by atoms with Crippen molar-refractivity contribution in [1.82, 2.24) is 0 Å². The summed E-state index contributed by atoms with van der Waals surface area (Å²) in [5.41, 5.74) is 0. The fraction of sp³-hybridized carbons (Fsp3) is 0.556. The highest BCUT2D eigenvalue weighted by Crippen LogP contribution is 2.31. The first-order valence-electron chi connectivity index (χ1n) is 8.71. The molecular formula is C18H22O8. The van der Waals surface area contributed by atoms with E-state index < -0.39 is 36.0 Å². The van der Waals surface area contributed by atoms with Crippen molar-refractivity contribution in [2.75, 3.05) is 0 Å². The number of rotatable bonds is 7. The van der Waals surface area contributed by atoms with E-state index in [0.29, 0.717) is 6.42 Å². The first-order valence-corrected chi connectivity index (χ1v) is 8.71. The predicted molar refractivity (Wildman–Crippen MR) is 87.2 cm³/mol. The van der Waals surface area contributed by atoms with Crippen LogP contribution < -0.4 is 0 Å². The number of esters is 4. The van der Waals surface area contributed by atoms with Crippen molar-refractivity contribution >= 4 is 23.9 Å². The zero-order chi connectivity index (χ0) is 19.0. The van der Waals surface area contributed by atoms with Gasteiger partial charge in [-0.25, -0.2) is 19.2 Å². The summed E-state index contributed by atoms with van der Waals surface area (Å²) in [6.07, 6.45) is 8.11. The molecule has 1 unspecified atom stereocenters. The van der Waals surface area contributed by atoms with Gasteiger partial charge in [-0.1, -0.05) is 39.0 Å². The molecule has 2 heterocycles. The van der Waals surface area contributed by atoms with Crippen molar-refractivity contribution in [3.63, 3.8) is 0 Å². The summed E-state index contributed by atoms with van der Waals surface area (Å²) in [4.78, 5) is 47.3. The Morgan fingerprint density at radius 3 is 1.73 bits per heavy atom. The van der Waals surface area contributed by atoms with Crippen LogP contribution in [-0.4, -0.2) is 36.0 Å². The van der Waals surface area contributed by atoms with Crippen molar-refractivity contribution in [3.05, 3.63) is 24.3 Å². The van der Waals surface area contributed by atoms with Crippen molar-refractivity contribution < 1.29 is 38.1 Å². The highest BCUT2D eigenvalue weighted by Gasteiger charge is 2.54. The smallest absolute Gasteiger partial charge is 0.446 e. The third kappa shape index (κ3) is 5.44. The normalized spacial score (nSPS) is 23.2. The maximum absolute atomic E-state index is 11.9. The summed E-state index contributed by atoms with van der Waals surface area (Å²) in [6, 6.07) is 0. The minimum atomic E-state index is -2.43. The Kier molecular flexibility index (Phi) is 6.94. The summed E-state index contributed by atoms with van der Waals surface area (Å²) in [5.74, 6) is -6.13. The van der Waals surface area contributed by atoms with Crippen LogP contribution in [-0.2, 0) is 38.1 Å². The van der Waals surface area contributed by atoms with Gasteiger partial charge in [0.05, 0.1) is 0 Å². The topological polar surface area (TPSA) is 105 Å². The van der Waals surface area contributed by atoms with Crippen LogP contribution in [0.2, 0.25) is 0 Å². The lowest BCUT2D eigenvalue weighted by molar-refractivity contribution is -0.359. The van der Waals surface area contributed by atoms with Gasteiger partial charge < -0.3 is 18.9 Å². The Morgan fingerprint density at radius 1 is 0.731 bits per heavy atom. The highest BCUT2D eigenvalue weighted by molar-refractivity contribution is 5.95. The van der Waals surface area contributed by atoms with Gasteiger partial charge in [0.2, 0.25) is 6.10 Å². The molecule has 0 saturated carbocycles. The van der Waals surface area contributed by atoms with E-state index in [1.807, 2.05) is 0 Å². The van der Waals surface area contributed by atoms with Crippen LogP contribution in [0.15, 0.2) is 24.3 Å². The third-order valence-corrected chi connectivity index (χ3v) is 3.91. The Balaban J connectivity index is 2.16. The molecule has 142 valence electrons. The number of ether oxygens (including phenoxy) is 4. The van der Waals surface area contributed by atoms with E-state index in [-0.39, 0.29) is 6.42 Å². The molecule has 0 bridgehead atoms. The number of carbonyl (C=O) groups is 4. The molecule has 26 heavy (non-hydrogen) atoms. The first-order chi connectivity index (χ1) is 12.4. The molecule has 2 aliphatic rings. The van der Waals surface area contributed by atoms with Crippen molar-refractivity contribution in [1.29, 1.82) is 0 Å². The molecule has 0 aromatic heterocycles. The standard InChI is InChI=1S/C18H22O8/c1-2-3-4-5-6-7-8-13-18(24-15(20)10-9-14(19)23-13)25-16(21)11-12-17(22)26-18/h9-13H,2-8H2,1H3/b10-9-. The van der Waals surface area contributed by atoms with Crippen LogP contribution in [0, 0.1) is 0 Å². The predicted octanol–water partition coefficient (Wildman–Crippen LogP) is 2.07. The molecule has 0 aromatic carbocycles. The van der Waals surface area contributed by atoms with E-state index in [2.05, 4.69) is 6.92 Å². The summed E-state index contributed by atoms with van der Waals surface area (Å²) >= 11 is 0. The highest BCUT2D eigenvalue weighted by atomic mass is 16.9. The van der Waals surface area contributed by atoms with Gasteiger partial charge in [-0.05, 0) is 12.8 Å². The Labute approximate surface area is 151 Å². The summed E-state index contributed by atoms with van der Waals surface area (Å²) in [6.45, 7) is 2.11. The number of carbonyl (C=O) groups excluding carboxylic acids is 4. The fourth-order valence-corrected chi connectivity index (χ4v) is 2.65. The Bertz CT molecular complexity index is 599. The summed E-state index contributed by atoms with van der Waals surface area (Å²) < 4.78 is 20.4. The number of unbranched alkanes of at least 4 members (excludes halogenated alkanes) is 5. The summed E-state index contributed by atoms with van der Waals surface area (Å²) in [7, 11) is 0. The lowest BCUT2D eigenvalue weighted by Crippen LogP contribution is -2.54. The molecule has 2 rings (SSSR count). The van der Waals surface area contributed by atoms with E-state index in [0.717, 1.165) is 56.4 Å². The quantitative estimate of drug-likeness (QED) is 0.498. The molecular weight excluding hydrogens is 344 g/mol.